The number of anilines is 1. The normalized spacial score (nSPS) is 10.3. The number of nitrogens with two attached hydrogens (primary N) is 2. The summed E-state index contributed by atoms with van der Waals surface area (Å²) in [5.74, 6) is 0.298. The summed E-state index contributed by atoms with van der Waals surface area (Å²) < 4.78 is 5.57. The molecular weight excluding hydrogens is 278 g/mol. The number of carbonyl (C=O) groups excluding carboxylic acids is 1. The molecule has 1 aromatic heterocycles. The number of hydrogen-bond acceptors (Lipinski definition) is 4. The highest BCUT2D eigenvalue weighted by atomic mass is 35.5. The molecule has 0 aliphatic rings. The molecule has 6 heteroatoms. The van der Waals surface area contributed by atoms with Crippen molar-refractivity contribution in [1.29, 1.82) is 0 Å². The molecule has 20 heavy (non-hydrogen) atoms. The lowest BCUT2D eigenvalue weighted by atomic mass is 10.1. The van der Waals surface area contributed by atoms with Crippen LogP contribution in [0.5, 0.6) is 5.75 Å². The Hall–Kier alpha value is -2.27. The van der Waals surface area contributed by atoms with Gasteiger partial charge in [-0.25, -0.2) is 4.98 Å². The van der Waals surface area contributed by atoms with Crippen LogP contribution in [0.3, 0.4) is 0 Å². The Morgan fingerprint density at radius 3 is 2.70 bits per heavy atom. The Bertz CT molecular complexity index is 659. The zero-order chi connectivity index (χ0) is 14.7. The molecule has 4 N–H and O–H groups in total. The third-order valence-corrected chi connectivity index (χ3v) is 3.10. The number of hydrogen-bond donors (Lipinski definition) is 2. The van der Waals surface area contributed by atoms with Crippen LogP contribution in [0.15, 0.2) is 30.3 Å². The highest BCUT2D eigenvalue weighted by Crippen LogP contribution is 2.23. The van der Waals surface area contributed by atoms with E-state index in [9.17, 15) is 4.79 Å². The quantitative estimate of drug-likeness (QED) is 0.904. The van der Waals surface area contributed by atoms with Crippen molar-refractivity contribution in [3.8, 4) is 5.75 Å². The summed E-state index contributed by atoms with van der Waals surface area (Å²) >= 11 is 6.07. The molecule has 0 aliphatic heterocycles. The third kappa shape index (κ3) is 3.19. The van der Waals surface area contributed by atoms with Crippen LogP contribution in [0.25, 0.3) is 0 Å². The van der Waals surface area contributed by atoms with Crippen molar-refractivity contribution >= 4 is 23.3 Å². The van der Waals surface area contributed by atoms with Gasteiger partial charge in [-0.1, -0.05) is 17.7 Å². The number of nitrogens with zero attached hydrogens (tertiary/aromatic N) is 1. The maximum Gasteiger partial charge on any atom is 0.248 e. The van der Waals surface area contributed by atoms with E-state index in [1.807, 2.05) is 13.0 Å². The molecule has 0 atom stereocenters. The molecule has 1 aromatic carbocycles. The van der Waals surface area contributed by atoms with E-state index >= 15 is 0 Å². The first kappa shape index (κ1) is 14.1. The number of carbonyl (C=O) groups is 1. The Labute approximate surface area is 121 Å². The largest absolute Gasteiger partial charge is 0.485 e. The van der Waals surface area contributed by atoms with Crippen molar-refractivity contribution in [2.24, 2.45) is 5.73 Å². The number of pyridine rings is 1. The van der Waals surface area contributed by atoms with Gasteiger partial charge in [0.25, 0.3) is 0 Å². The average Bonchev–Trinajstić information content (AvgIpc) is 2.38. The summed E-state index contributed by atoms with van der Waals surface area (Å²) in [6, 6.07) is 8.37. The van der Waals surface area contributed by atoms with Gasteiger partial charge in [-0.05, 0) is 31.2 Å². The number of aryl methyl sites for hydroxylation is 1. The first-order valence-corrected chi connectivity index (χ1v) is 6.29. The number of halogens is 1. The minimum Gasteiger partial charge on any atom is -0.485 e. The van der Waals surface area contributed by atoms with Gasteiger partial charge in [-0.3, -0.25) is 4.79 Å². The van der Waals surface area contributed by atoms with E-state index < -0.39 is 5.91 Å². The zero-order valence-corrected chi connectivity index (χ0v) is 11.6. The summed E-state index contributed by atoms with van der Waals surface area (Å²) in [6.07, 6.45) is 0. The SMILES string of the molecule is Cc1ccc(OCc2ccc(C(N)=O)cc2Cl)c(N)n1. The van der Waals surface area contributed by atoms with Crippen molar-refractivity contribution in [3.05, 3.63) is 52.2 Å². The second-order valence-corrected chi connectivity index (χ2v) is 4.70. The molecule has 0 radical (unpaired) electrons. The molecule has 0 unspecified atom stereocenters. The molecule has 0 aliphatic carbocycles. The van der Waals surface area contributed by atoms with Gasteiger partial charge in [0.15, 0.2) is 11.6 Å². The summed E-state index contributed by atoms with van der Waals surface area (Å²) in [4.78, 5) is 15.1. The van der Waals surface area contributed by atoms with Crippen LogP contribution in [0.4, 0.5) is 5.82 Å². The van der Waals surface area contributed by atoms with E-state index in [1.165, 1.54) is 6.07 Å². The average molecular weight is 292 g/mol. The first-order chi connectivity index (χ1) is 9.47. The molecule has 1 heterocycles. The number of aromatic nitrogens is 1. The summed E-state index contributed by atoms with van der Waals surface area (Å²) in [7, 11) is 0. The maximum atomic E-state index is 11.0. The number of benzene rings is 1. The molecule has 0 saturated heterocycles. The lowest BCUT2D eigenvalue weighted by Gasteiger charge is -2.10. The fraction of sp³-hybridized carbons (Fsp3) is 0.143. The van der Waals surface area contributed by atoms with Crippen molar-refractivity contribution in [1.82, 2.24) is 4.98 Å². The summed E-state index contributed by atoms with van der Waals surface area (Å²) in [6.45, 7) is 2.08. The van der Waals surface area contributed by atoms with Crippen LogP contribution in [-0.2, 0) is 6.61 Å². The van der Waals surface area contributed by atoms with Crippen LogP contribution in [0, 0.1) is 6.92 Å². The van der Waals surface area contributed by atoms with Gasteiger partial charge in [-0.15, -0.1) is 0 Å². The molecule has 0 spiro atoms. The number of nitrogen functional groups attached to an aromatic ring is 1. The number of amides is 1. The lowest BCUT2D eigenvalue weighted by molar-refractivity contribution is 0.1000. The summed E-state index contributed by atoms with van der Waals surface area (Å²) in [5.41, 5.74) is 12.8. The van der Waals surface area contributed by atoms with Crippen LogP contribution >= 0.6 is 11.6 Å². The first-order valence-electron chi connectivity index (χ1n) is 5.91. The second-order valence-electron chi connectivity index (χ2n) is 4.30. The van der Waals surface area contributed by atoms with Crippen LogP contribution in [0.1, 0.15) is 21.6 Å². The lowest BCUT2D eigenvalue weighted by Crippen LogP contribution is -2.11. The fourth-order valence-corrected chi connectivity index (χ4v) is 1.89. The van der Waals surface area contributed by atoms with Gasteiger partial charge < -0.3 is 16.2 Å². The predicted molar refractivity (Wildman–Crippen MR) is 77.7 cm³/mol. The Kier molecular flexibility index (Phi) is 4.10. The van der Waals surface area contributed by atoms with Crippen LogP contribution < -0.4 is 16.2 Å². The van der Waals surface area contributed by atoms with E-state index in [2.05, 4.69) is 4.98 Å². The molecule has 5 nitrogen and oxygen atoms in total. The van der Waals surface area contributed by atoms with Crippen molar-refractivity contribution < 1.29 is 9.53 Å². The molecule has 1 amide bonds. The molecule has 2 rings (SSSR count). The van der Waals surface area contributed by atoms with Gasteiger partial charge in [0.2, 0.25) is 5.91 Å². The Balaban J connectivity index is 2.13. The monoisotopic (exact) mass is 291 g/mol. The van der Waals surface area contributed by atoms with Gasteiger partial charge in [0, 0.05) is 21.8 Å². The Morgan fingerprint density at radius 1 is 1.35 bits per heavy atom. The van der Waals surface area contributed by atoms with Crippen LogP contribution in [-0.4, -0.2) is 10.9 Å². The predicted octanol–water partition coefficient (Wildman–Crippen LogP) is 2.30. The highest BCUT2D eigenvalue weighted by Gasteiger charge is 2.08. The van der Waals surface area contributed by atoms with Crippen LogP contribution in [0.2, 0.25) is 5.02 Å². The standard InChI is InChI=1S/C14H14ClN3O2/c1-8-2-5-12(13(16)18-8)20-7-10-4-3-9(14(17)19)6-11(10)15/h2-6H,7H2,1H3,(H2,16,18)(H2,17,19). The number of rotatable bonds is 4. The van der Waals surface area contributed by atoms with E-state index in [4.69, 9.17) is 27.8 Å². The molecule has 2 aromatic rings. The van der Waals surface area contributed by atoms with E-state index in [1.54, 1.807) is 18.2 Å². The van der Waals surface area contributed by atoms with Gasteiger partial charge in [-0.2, -0.15) is 0 Å². The minimum absolute atomic E-state index is 0.229. The molecular formula is C14H14ClN3O2. The second kappa shape index (κ2) is 5.79. The van der Waals surface area contributed by atoms with Gasteiger partial charge in [0.05, 0.1) is 0 Å². The third-order valence-electron chi connectivity index (χ3n) is 2.75. The fourth-order valence-electron chi connectivity index (χ4n) is 1.66. The van der Waals surface area contributed by atoms with Crippen molar-refractivity contribution in [2.45, 2.75) is 13.5 Å². The van der Waals surface area contributed by atoms with Crippen molar-refractivity contribution in [3.63, 3.8) is 0 Å². The molecule has 0 saturated carbocycles. The van der Waals surface area contributed by atoms with E-state index in [-0.39, 0.29) is 6.61 Å². The summed E-state index contributed by atoms with van der Waals surface area (Å²) in [5, 5.41) is 0.417. The van der Waals surface area contributed by atoms with E-state index in [0.29, 0.717) is 22.2 Å². The van der Waals surface area contributed by atoms with Gasteiger partial charge in [0.1, 0.15) is 6.61 Å². The topological polar surface area (TPSA) is 91.2 Å². The van der Waals surface area contributed by atoms with E-state index in [0.717, 1.165) is 11.3 Å². The number of ether oxygens (including phenoxy) is 1. The molecule has 0 fully saturated rings. The molecule has 104 valence electrons. The number of primary amides is 1. The molecule has 0 bridgehead atoms. The highest BCUT2D eigenvalue weighted by molar-refractivity contribution is 6.31. The maximum absolute atomic E-state index is 11.0. The Morgan fingerprint density at radius 2 is 2.10 bits per heavy atom. The van der Waals surface area contributed by atoms with Gasteiger partial charge >= 0.3 is 0 Å². The zero-order valence-electron chi connectivity index (χ0n) is 10.9. The van der Waals surface area contributed by atoms with Crippen molar-refractivity contribution in [2.75, 3.05) is 5.73 Å². The smallest absolute Gasteiger partial charge is 0.248 e. The minimum atomic E-state index is -0.522.